The van der Waals surface area contributed by atoms with Crippen molar-refractivity contribution in [3.8, 4) is 0 Å². The lowest BCUT2D eigenvalue weighted by Crippen LogP contribution is -2.24. The Morgan fingerprint density at radius 1 is 1.33 bits per heavy atom. The zero-order valence-corrected chi connectivity index (χ0v) is 11.7. The zero-order valence-electron chi connectivity index (χ0n) is 11.7. The molecule has 108 valence electrons. The molecular weight excluding hydrogens is 269 g/mol. The van der Waals surface area contributed by atoms with Crippen LogP contribution in [0.15, 0.2) is 42.5 Å². The summed E-state index contributed by atoms with van der Waals surface area (Å²) in [7, 11) is 0. The van der Waals surface area contributed by atoms with Gasteiger partial charge in [0.2, 0.25) is 0 Å². The van der Waals surface area contributed by atoms with E-state index in [2.05, 4.69) is 0 Å². The Labute approximate surface area is 122 Å². The van der Waals surface area contributed by atoms with Gasteiger partial charge < -0.3 is 10.0 Å². The average molecular weight is 285 g/mol. The second kappa shape index (κ2) is 5.20. The largest absolute Gasteiger partial charge is 0.481 e. The maximum absolute atomic E-state index is 13.4. The van der Waals surface area contributed by atoms with Crippen LogP contribution < -0.4 is 4.90 Å². The number of carboxylic acid groups (broad SMARTS) is 1. The average Bonchev–Trinajstić information content (AvgIpc) is 2.82. The Morgan fingerprint density at radius 3 is 2.86 bits per heavy atom. The Kier molecular flexibility index (Phi) is 3.37. The van der Waals surface area contributed by atoms with Gasteiger partial charge in [-0.3, -0.25) is 4.79 Å². The summed E-state index contributed by atoms with van der Waals surface area (Å²) in [6.45, 7) is 2.88. The summed E-state index contributed by atoms with van der Waals surface area (Å²) in [5, 5.41) is 9.36. The zero-order chi connectivity index (χ0) is 15.0. The normalized spacial score (nSPS) is 16.9. The van der Waals surface area contributed by atoms with Crippen LogP contribution in [0.1, 0.15) is 22.6 Å². The molecule has 0 fully saturated rings. The van der Waals surface area contributed by atoms with Crippen LogP contribution in [-0.2, 0) is 11.3 Å². The van der Waals surface area contributed by atoms with E-state index in [0.717, 1.165) is 22.4 Å². The maximum atomic E-state index is 13.4. The van der Waals surface area contributed by atoms with Gasteiger partial charge in [-0.05, 0) is 41.8 Å². The first kappa shape index (κ1) is 13.6. The van der Waals surface area contributed by atoms with Crippen molar-refractivity contribution in [3.05, 3.63) is 65.0 Å². The molecule has 2 aromatic rings. The number of carbonyl (C=O) groups is 1. The first-order valence-electron chi connectivity index (χ1n) is 6.88. The number of aryl methyl sites for hydroxylation is 1. The van der Waals surface area contributed by atoms with Crippen LogP contribution in [0.4, 0.5) is 10.1 Å². The van der Waals surface area contributed by atoms with Gasteiger partial charge in [-0.25, -0.2) is 4.39 Å². The van der Waals surface area contributed by atoms with E-state index in [1.807, 2.05) is 36.1 Å². The van der Waals surface area contributed by atoms with Gasteiger partial charge in [0.1, 0.15) is 11.7 Å². The van der Waals surface area contributed by atoms with E-state index in [1.165, 1.54) is 12.1 Å². The minimum Gasteiger partial charge on any atom is -0.481 e. The van der Waals surface area contributed by atoms with Crippen molar-refractivity contribution in [1.82, 2.24) is 0 Å². The maximum Gasteiger partial charge on any atom is 0.312 e. The van der Waals surface area contributed by atoms with Crippen molar-refractivity contribution in [2.75, 3.05) is 11.4 Å². The van der Waals surface area contributed by atoms with Crippen LogP contribution in [0.5, 0.6) is 0 Å². The van der Waals surface area contributed by atoms with Gasteiger partial charge in [-0.15, -0.1) is 0 Å². The third-order valence-corrected chi connectivity index (χ3v) is 4.03. The molecule has 0 radical (unpaired) electrons. The van der Waals surface area contributed by atoms with Crippen LogP contribution in [0, 0.1) is 12.7 Å². The van der Waals surface area contributed by atoms with Gasteiger partial charge in [0.15, 0.2) is 0 Å². The summed E-state index contributed by atoms with van der Waals surface area (Å²) in [5.74, 6) is -1.60. The first-order chi connectivity index (χ1) is 10.1. The molecule has 2 aromatic carbocycles. The molecule has 1 aliphatic heterocycles. The molecule has 1 aliphatic rings. The van der Waals surface area contributed by atoms with Crippen LogP contribution in [0.3, 0.4) is 0 Å². The van der Waals surface area contributed by atoms with Crippen molar-refractivity contribution in [2.24, 2.45) is 0 Å². The highest BCUT2D eigenvalue weighted by Crippen LogP contribution is 2.37. The Hall–Kier alpha value is -2.36. The highest BCUT2D eigenvalue weighted by atomic mass is 19.1. The third kappa shape index (κ3) is 2.49. The second-order valence-electron chi connectivity index (χ2n) is 5.40. The Bertz CT molecular complexity index is 699. The quantitative estimate of drug-likeness (QED) is 0.940. The summed E-state index contributed by atoms with van der Waals surface area (Å²) in [6.07, 6.45) is 0. The smallest absolute Gasteiger partial charge is 0.312 e. The molecule has 0 amide bonds. The number of benzene rings is 2. The molecule has 21 heavy (non-hydrogen) atoms. The van der Waals surface area contributed by atoms with Crippen molar-refractivity contribution in [1.29, 1.82) is 0 Å². The first-order valence-corrected chi connectivity index (χ1v) is 6.88. The summed E-state index contributed by atoms with van der Waals surface area (Å²) in [4.78, 5) is 13.4. The van der Waals surface area contributed by atoms with Gasteiger partial charge in [0.25, 0.3) is 0 Å². The molecule has 0 aliphatic carbocycles. The van der Waals surface area contributed by atoms with Crippen LogP contribution in [-0.4, -0.2) is 17.6 Å². The predicted octanol–water partition coefficient (Wildman–Crippen LogP) is 3.32. The standard InChI is InChI=1S/C17H16FNO2/c1-11-6-7-13(18)8-12(11)9-19-10-15(17(20)21)14-4-2-3-5-16(14)19/h2-8,15H,9-10H2,1H3,(H,20,21). The lowest BCUT2D eigenvalue weighted by molar-refractivity contribution is -0.138. The number of anilines is 1. The van der Waals surface area contributed by atoms with E-state index < -0.39 is 11.9 Å². The molecule has 0 spiro atoms. The summed E-state index contributed by atoms with van der Waals surface area (Å²) < 4.78 is 13.4. The minimum absolute atomic E-state index is 0.266. The number of rotatable bonds is 3. The Balaban J connectivity index is 1.94. The van der Waals surface area contributed by atoms with Gasteiger partial charge in [0.05, 0.1) is 0 Å². The molecule has 4 heteroatoms. The monoisotopic (exact) mass is 285 g/mol. The number of para-hydroxylation sites is 1. The Morgan fingerprint density at radius 2 is 2.10 bits per heavy atom. The van der Waals surface area contributed by atoms with Crippen molar-refractivity contribution < 1.29 is 14.3 Å². The van der Waals surface area contributed by atoms with E-state index in [1.54, 1.807) is 6.07 Å². The number of aliphatic carboxylic acids is 1. The fourth-order valence-corrected chi connectivity index (χ4v) is 2.86. The molecule has 1 unspecified atom stereocenters. The number of hydrogen-bond acceptors (Lipinski definition) is 2. The summed E-state index contributed by atoms with van der Waals surface area (Å²) in [6, 6.07) is 12.2. The second-order valence-corrected chi connectivity index (χ2v) is 5.40. The number of hydrogen-bond donors (Lipinski definition) is 1. The van der Waals surface area contributed by atoms with Gasteiger partial charge in [0, 0.05) is 18.8 Å². The third-order valence-electron chi connectivity index (χ3n) is 4.03. The molecule has 0 saturated carbocycles. The molecule has 3 nitrogen and oxygen atoms in total. The van der Waals surface area contributed by atoms with Gasteiger partial charge >= 0.3 is 5.97 Å². The lowest BCUT2D eigenvalue weighted by atomic mass is 10.0. The minimum atomic E-state index is -0.819. The van der Waals surface area contributed by atoms with Gasteiger partial charge in [-0.1, -0.05) is 24.3 Å². The molecule has 0 bridgehead atoms. The van der Waals surface area contributed by atoms with Gasteiger partial charge in [-0.2, -0.15) is 0 Å². The molecular formula is C17H16FNO2. The topological polar surface area (TPSA) is 40.5 Å². The van der Waals surface area contributed by atoms with E-state index in [9.17, 15) is 14.3 Å². The van der Waals surface area contributed by atoms with Crippen LogP contribution >= 0.6 is 0 Å². The van der Waals surface area contributed by atoms with E-state index >= 15 is 0 Å². The summed E-state index contributed by atoms with van der Waals surface area (Å²) >= 11 is 0. The fourth-order valence-electron chi connectivity index (χ4n) is 2.86. The predicted molar refractivity (Wildman–Crippen MR) is 79.0 cm³/mol. The van der Waals surface area contributed by atoms with E-state index in [4.69, 9.17) is 0 Å². The number of nitrogens with zero attached hydrogens (tertiary/aromatic N) is 1. The summed E-state index contributed by atoms with van der Waals surface area (Å²) in [5.41, 5.74) is 3.65. The number of fused-ring (bicyclic) bond motifs is 1. The van der Waals surface area contributed by atoms with Crippen LogP contribution in [0.25, 0.3) is 0 Å². The highest BCUT2D eigenvalue weighted by Gasteiger charge is 2.33. The molecule has 1 heterocycles. The van der Waals surface area contributed by atoms with Crippen molar-refractivity contribution in [2.45, 2.75) is 19.4 Å². The lowest BCUT2D eigenvalue weighted by Gasteiger charge is -2.21. The molecule has 3 rings (SSSR count). The number of halogens is 1. The number of carboxylic acids is 1. The molecule has 1 N–H and O–H groups in total. The van der Waals surface area contributed by atoms with E-state index in [-0.39, 0.29) is 5.82 Å². The van der Waals surface area contributed by atoms with E-state index in [0.29, 0.717) is 13.1 Å². The van der Waals surface area contributed by atoms with Crippen molar-refractivity contribution in [3.63, 3.8) is 0 Å². The van der Waals surface area contributed by atoms with Crippen LogP contribution in [0.2, 0.25) is 0 Å². The fraction of sp³-hybridized carbons (Fsp3) is 0.235. The molecule has 0 saturated heterocycles. The van der Waals surface area contributed by atoms with Crippen molar-refractivity contribution >= 4 is 11.7 Å². The molecule has 0 aromatic heterocycles. The molecule has 1 atom stereocenters. The SMILES string of the molecule is Cc1ccc(F)cc1CN1CC(C(=O)O)c2ccccc21. The highest BCUT2D eigenvalue weighted by molar-refractivity contribution is 5.82.